The predicted molar refractivity (Wildman–Crippen MR) is 169 cm³/mol. The van der Waals surface area contributed by atoms with Gasteiger partial charge in [-0.2, -0.15) is 0 Å². The number of aliphatic imine (C=N–C) groups is 1. The van der Waals surface area contributed by atoms with Gasteiger partial charge >= 0.3 is 0 Å². The topological polar surface area (TPSA) is 12.4 Å². The predicted octanol–water partition coefficient (Wildman–Crippen LogP) is 12.7. The highest BCUT2D eigenvalue weighted by atomic mass is 14.7. The second-order valence-electron chi connectivity index (χ2n) is 8.95. The highest BCUT2D eigenvalue weighted by Crippen LogP contribution is 2.18. The molecule has 0 aromatic carbocycles. The Kier molecular flexibility index (Phi) is 54.2. The van der Waals surface area contributed by atoms with Crippen LogP contribution < -0.4 is 0 Å². The van der Waals surface area contributed by atoms with E-state index in [0.29, 0.717) is 0 Å². The van der Waals surface area contributed by atoms with Crippen molar-refractivity contribution in [2.75, 3.05) is 6.54 Å². The van der Waals surface area contributed by atoms with E-state index in [1.165, 1.54) is 109 Å². The molecule has 0 aromatic rings. The summed E-state index contributed by atoms with van der Waals surface area (Å²) < 4.78 is 0. The molecule has 0 aliphatic rings. The molecule has 0 bridgehead atoms. The van der Waals surface area contributed by atoms with Crippen LogP contribution in [0.25, 0.3) is 0 Å². The number of allylic oxidation sites excluding steroid dienone is 5. The Labute approximate surface area is 225 Å². The quantitative estimate of drug-likeness (QED) is 0.0859. The Morgan fingerprint density at radius 1 is 0.600 bits per heavy atom. The average Bonchev–Trinajstić information content (AvgIpc) is 2.88. The van der Waals surface area contributed by atoms with E-state index in [1.54, 1.807) is 0 Å². The van der Waals surface area contributed by atoms with Gasteiger partial charge in [-0.15, -0.1) is 0 Å². The van der Waals surface area contributed by atoms with Crippen LogP contribution in [0.15, 0.2) is 42.0 Å². The summed E-state index contributed by atoms with van der Waals surface area (Å²) in [4.78, 5) is 4.18. The van der Waals surface area contributed by atoms with Crippen molar-refractivity contribution in [2.45, 2.75) is 165 Å². The molecule has 0 aromatic heterocycles. The molecule has 1 atom stereocenters. The molecule has 0 heterocycles. The first-order valence-corrected chi connectivity index (χ1v) is 15.6. The highest BCUT2D eigenvalue weighted by Gasteiger charge is 2.02. The lowest BCUT2D eigenvalue weighted by Gasteiger charge is -2.11. The molecule has 1 nitrogen and oxygen atoms in total. The third kappa shape index (κ3) is 50.7. The van der Waals surface area contributed by atoms with E-state index in [0.717, 1.165) is 12.5 Å². The van der Waals surface area contributed by atoms with E-state index in [-0.39, 0.29) is 0 Å². The first kappa shape index (κ1) is 41.0. The number of nitrogens with zero attached hydrogens (tertiary/aromatic N) is 1. The van der Waals surface area contributed by atoms with Gasteiger partial charge in [0.15, 0.2) is 0 Å². The SMILES string of the molecule is C=C/C=C/CCCCCCCCC(C)CCCCCCCC/C=C/C=NCC.CC.CC.CCC. The Balaban J connectivity index is -0.000000617. The zero-order valence-corrected chi connectivity index (χ0v) is 25.9. The van der Waals surface area contributed by atoms with Crippen molar-refractivity contribution in [3.05, 3.63) is 37.0 Å². The highest BCUT2D eigenvalue weighted by molar-refractivity contribution is 5.70. The van der Waals surface area contributed by atoms with Crippen molar-refractivity contribution < 1.29 is 0 Å². The van der Waals surface area contributed by atoms with Gasteiger partial charge in [0.2, 0.25) is 0 Å². The Morgan fingerprint density at radius 2 is 0.971 bits per heavy atom. The zero-order valence-electron chi connectivity index (χ0n) is 25.9. The lowest BCUT2D eigenvalue weighted by molar-refractivity contribution is 0.431. The molecule has 0 spiro atoms. The van der Waals surface area contributed by atoms with Crippen molar-refractivity contribution in [2.24, 2.45) is 10.9 Å². The van der Waals surface area contributed by atoms with Gasteiger partial charge in [0.25, 0.3) is 0 Å². The molecule has 210 valence electrons. The maximum atomic E-state index is 4.18. The smallest absolute Gasteiger partial charge is 0.0360 e. The summed E-state index contributed by atoms with van der Waals surface area (Å²) in [5, 5.41) is 0. The Bertz CT molecular complexity index is 405. The zero-order chi connectivity index (χ0) is 27.3. The normalized spacial score (nSPS) is 11.4. The van der Waals surface area contributed by atoms with Crippen molar-refractivity contribution in [3.63, 3.8) is 0 Å². The van der Waals surface area contributed by atoms with Crippen molar-refractivity contribution in [1.82, 2.24) is 0 Å². The molecule has 0 fully saturated rings. The molecule has 0 rings (SSSR count). The van der Waals surface area contributed by atoms with Gasteiger partial charge in [-0.25, -0.2) is 0 Å². The fourth-order valence-corrected chi connectivity index (χ4v) is 3.58. The summed E-state index contributed by atoms with van der Waals surface area (Å²) in [5.74, 6) is 0.930. The summed E-state index contributed by atoms with van der Waals surface area (Å²) in [5.41, 5.74) is 0. The molecule has 0 N–H and O–H groups in total. The molecule has 0 aliphatic carbocycles. The molecule has 0 aliphatic heterocycles. The van der Waals surface area contributed by atoms with E-state index in [2.05, 4.69) is 63.6 Å². The van der Waals surface area contributed by atoms with Gasteiger partial charge < -0.3 is 0 Å². The van der Waals surface area contributed by atoms with Crippen LogP contribution in [0.5, 0.6) is 0 Å². The molecular weight excluding hydrogens is 422 g/mol. The van der Waals surface area contributed by atoms with Gasteiger partial charge in [0.1, 0.15) is 0 Å². The van der Waals surface area contributed by atoms with Gasteiger partial charge in [0.05, 0.1) is 0 Å². The molecule has 0 radical (unpaired) electrons. The fourth-order valence-electron chi connectivity index (χ4n) is 3.58. The molecule has 0 saturated carbocycles. The third-order valence-corrected chi connectivity index (χ3v) is 5.42. The first-order chi connectivity index (χ1) is 17.2. The van der Waals surface area contributed by atoms with Gasteiger partial charge in [-0.1, -0.05) is 163 Å². The summed E-state index contributed by atoms with van der Waals surface area (Å²) >= 11 is 0. The van der Waals surface area contributed by atoms with Crippen LogP contribution in [0.1, 0.15) is 165 Å². The molecule has 1 heteroatoms. The van der Waals surface area contributed by atoms with Crippen molar-refractivity contribution in [1.29, 1.82) is 0 Å². The van der Waals surface area contributed by atoms with Crippen LogP contribution in [0.2, 0.25) is 0 Å². The lowest BCUT2D eigenvalue weighted by atomic mass is 9.96. The Hall–Kier alpha value is -1.11. The van der Waals surface area contributed by atoms with Crippen molar-refractivity contribution in [3.8, 4) is 0 Å². The standard InChI is InChI=1S/C27H49N.C3H8.2C2H6/c1-4-6-7-8-9-10-12-15-18-21-24-27(3)25-22-19-16-13-11-14-17-20-23-26-28-5-2;1-3-2;2*1-2/h4,6-7,20,23,26-27H,1,5,8-19,21-22,24-25H2,2-3H3;3H2,1-2H3;2*1-2H3/b7-6+,23-20+,28-26?;;;. The summed E-state index contributed by atoms with van der Waals surface area (Å²) in [6.45, 7) is 21.4. The van der Waals surface area contributed by atoms with Crippen LogP contribution in [0.3, 0.4) is 0 Å². The number of hydrogen-bond acceptors (Lipinski definition) is 1. The molecule has 1 unspecified atom stereocenters. The maximum Gasteiger partial charge on any atom is 0.0360 e. The van der Waals surface area contributed by atoms with Gasteiger partial charge in [0, 0.05) is 12.8 Å². The molecule has 0 amide bonds. The lowest BCUT2D eigenvalue weighted by Crippen LogP contribution is -1.95. The summed E-state index contributed by atoms with van der Waals surface area (Å²) in [7, 11) is 0. The third-order valence-electron chi connectivity index (χ3n) is 5.42. The number of rotatable bonds is 21. The molecule has 0 saturated heterocycles. The van der Waals surface area contributed by atoms with Crippen molar-refractivity contribution >= 4 is 6.21 Å². The van der Waals surface area contributed by atoms with Gasteiger partial charge in [-0.05, 0) is 44.6 Å². The van der Waals surface area contributed by atoms with Crippen LogP contribution in [0, 0.1) is 5.92 Å². The van der Waals surface area contributed by atoms with E-state index in [9.17, 15) is 0 Å². The Morgan fingerprint density at radius 3 is 1.37 bits per heavy atom. The molecular formula is C34H69N. The van der Waals surface area contributed by atoms with Crippen LogP contribution in [0.4, 0.5) is 0 Å². The van der Waals surface area contributed by atoms with Gasteiger partial charge in [-0.3, -0.25) is 4.99 Å². The van der Waals surface area contributed by atoms with E-state index in [4.69, 9.17) is 0 Å². The first-order valence-electron chi connectivity index (χ1n) is 15.6. The summed E-state index contributed by atoms with van der Waals surface area (Å²) in [6, 6.07) is 0. The summed E-state index contributed by atoms with van der Waals surface area (Å²) in [6.07, 6.45) is 35.9. The monoisotopic (exact) mass is 492 g/mol. The number of hydrogen-bond donors (Lipinski definition) is 0. The molecule has 35 heavy (non-hydrogen) atoms. The van der Waals surface area contributed by atoms with Crippen LogP contribution >= 0.6 is 0 Å². The second-order valence-corrected chi connectivity index (χ2v) is 8.95. The number of unbranched alkanes of at least 4 members (excludes halogenated alkanes) is 12. The van der Waals surface area contributed by atoms with E-state index < -0.39 is 0 Å². The second kappa shape index (κ2) is 46.3. The minimum absolute atomic E-state index is 0.887. The minimum atomic E-state index is 0.887. The largest absolute Gasteiger partial charge is 0.293 e. The van der Waals surface area contributed by atoms with E-state index >= 15 is 0 Å². The van der Waals surface area contributed by atoms with Crippen LogP contribution in [-0.4, -0.2) is 12.8 Å². The van der Waals surface area contributed by atoms with E-state index in [1.807, 2.05) is 40.0 Å². The average molecular weight is 492 g/mol. The van der Waals surface area contributed by atoms with Crippen LogP contribution in [-0.2, 0) is 0 Å². The fraction of sp³-hybridized carbons (Fsp3) is 0.794. The maximum absolute atomic E-state index is 4.18. The minimum Gasteiger partial charge on any atom is -0.293 e.